The number of hydrogen-bond donors (Lipinski definition) is 1. The Morgan fingerprint density at radius 2 is 2.04 bits per heavy atom. The average Bonchev–Trinajstić information content (AvgIpc) is 2.56. The number of nitrogens with one attached hydrogen (secondary N) is 1. The van der Waals surface area contributed by atoms with Crippen molar-refractivity contribution in [3.63, 3.8) is 0 Å². The molecule has 1 aromatic rings. The van der Waals surface area contributed by atoms with Gasteiger partial charge in [-0.15, -0.1) is 0 Å². The van der Waals surface area contributed by atoms with Crippen LogP contribution in [0.1, 0.15) is 12.5 Å². The van der Waals surface area contributed by atoms with E-state index in [9.17, 15) is 22.8 Å². The molecule has 1 aromatic carbocycles. The molecule has 0 radical (unpaired) electrons. The van der Waals surface area contributed by atoms with E-state index in [1.165, 1.54) is 6.92 Å². The van der Waals surface area contributed by atoms with Gasteiger partial charge in [-0.2, -0.15) is 13.2 Å². The van der Waals surface area contributed by atoms with E-state index in [1.54, 1.807) is 0 Å². The molecule has 0 saturated carbocycles. The van der Waals surface area contributed by atoms with Crippen molar-refractivity contribution >= 4 is 29.2 Å². The summed E-state index contributed by atoms with van der Waals surface area (Å²) in [5.74, 6) is -1.99. The van der Waals surface area contributed by atoms with E-state index < -0.39 is 29.7 Å². The molecule has 10 heteroatoms. The molecule has 0 fully saturated rings. The second-order valence-electron chi connectivity index (χ2n) is 4.93. The fourth-order valence-corrected chi connectivity index (χ4v) is 1.94. The largest absolute Gasteiger partial charge is 0.493 e. The quantitative estimate of drug-likeness (QED) is 0.814. The highest BCUT2D eigenvalue weighted by Crippen LogP contribution is 2.33. The maximum Gasteiger partial charge on any atom is 0.416 e. The van der Waals surface area contributed by atoms with Crippen molar-refractivity contribution < 1.29 is 37.0 Å². The lowest BCUT2D eigenvalue weighted by atomic mass is 10.2. The van der Waals surface area contributed by atoms with E-state index in [0.717, 1.165) is 18.4 Å². The highest BCUT2D eigenvalue weighted by Gasteiger charge is 2.31. The van der Waals surface area contributed by atoms with Crippen LogP contribution in [0.3, 0.4) is 0 Å². The summed E-state index contributed by atoms with van der Waals surface area (Å²) in [5, 5.41) is 2.10. The molecule has 25 heavy (non-hydrogen) atoms. The number of carbonyl (C=O) groups is 2. The molecule has 0 spiro atoms. The summed E-state index contributed by atoms with van der Waals surface area (Å²) in [4.78, 5) is 23.8. The maximum absolute atomic E-state index is 12.7. The monoisotopic (exact) mass is 379 g/mol. The number of halogens is 4. The molecule has 1 aliphatic rings. The van der Waals surface area contributed by atoms with Crippen molar-refractivity contribution in [2.24, 2.45) is 0 Å². The van der Waals surface area contributed by atoms with Gasteiger partial charge in [0.1, 0.15) is 19.5 Å². The Morgan fingerprint density at radius 1 is 1.32 bits per heavy atom. The van der Waals surface area contributed by atoms with Crippen LogP contribution in [0.5, 0.6) is 0 Å². The first-order valence-electron chi connectivity index (χ1n) is 7.01. The van der Waals surface area contributed by atoms with Crippen molar-refractivity contribution in [3.8, 4) is 0 Å². The van der Waals surface area contributed by atoms with Crippen LogP contribution in [0.2, 0.25) is 5.02 Å². The summed E-state index contributed by atoms with van der Waals surface area (Å²) in [5.41, 5.74) is -1.23. The van der Waals surface area contributed by atoms with Crippen molar-refractivity contribution in [1.82, 2.24) is 0 Å². The van der Waals surface area contributed by atoms with Gasteiger partial charge >= 0.3 is 12.1 Å². The Morgan fingerprint density at radius 3 is 2.64 bits per heavy atom. The SMILES string of the molecule is C[C@@H](OC(=O)C1=COCCO1)C(=O)Nc1cc(C(F)(F)F)ccc1Cl. The predicted octanol–water partition coefficient (Wildman–Crippen LogP) is 3.12. The lowest BCUT2D eigenvalue weighted by molar-refractivity contribution is -0.153. The van der Waals surface area contributed by atoms with E-state index >= 15 is 0 Å². The molecule has 1 aliphatic heterocycles. The van der Waals surface area contributed by atoms with Gasteiger partial charge < -0.3 is 19.5 Å². The first-order valence-corrected chi connectivity index (χ1v) is 7.39. The van der Waals surface area contributed by atoms with Crippen molar-refractivity contribution in [3.05, 3.63) is 40.8 Å². The Hall–Kier alpha value is -2.42. The Kier molecular flexibility index (Phi) is 5.78. The second kappa shape index (κ2) is 7.64. The predicted molar refractivity (Wildman–Crippen MR) is 80.6 cm³/mol. The number of amides is 1. The van der Waals surface area contributed by atoms with E-state index in [-0.39, 0.29) is 29.7 Å². The van der Waals surface area contributed by atoms with E-state index in [2.05, 4.69) is 5.32 Å². The molecule has 0 aliphatic carbocycles. The van der Waals surface area contributed by atoms with Crippen LogP contribution in [0, 0.1) is 0 Å². The summed E-state index contributed by atoms with van der Waals surface area (Å²) in [6, 6.07) is 2.48. The van der Waals surface area contributed by atoms with Crippen LogP contribution in [0.15, 0.2) is 30.2 Å². The smallest absolute Gasteiger partial charge is 0.416 e. The van der Waals surface area contributed by atoms with Crippen molar-refractivity contribution in [2.75, 3.05) is 18.5 Å². The normalized spacial score (nSPS) is 15.3. The lowest BCUT2D eigenvalue weighted by Crippen LogP contribution is -2.31. The van der Waals surface area contributed by atoms with E-state index in [4.69, 9.17) is 25.8 Å². The summed E-state index contributed by atoms with van der Waals surface area (Å²) in [6.45, 7) is 1.68. The number of benzene rings is 1. The number of esters is 1. The number of ether oxygens (including phenoxy) is 3. The number of anilines is 1. The van der Waals surface area contributed by atoms with Crippen LogP contribution < -0.4 is 5.32 Å². The van der Waals surface area contributed by atoms with Gasteiger partial charge in [-0.05, 0) is 25.1 Å². The van der Waals surface area contributed by atoms with Gasteiger partial charge in [0.15, 0.2) is 6.10 Å². The number of hydrogen-bond acceptors (Lipinski definition) is 5. The van der Waals surface area contributed by atoms with Crippen LogP contribution in [0.25, 0.3) is 0 Å². The number of carbonyl (C=O) groups excluding carboxylic acids is 2. The lowest BCUT2D eigenvalue weighted by Gasteiger charge is -2.18. The highest BCUT2D eigenvalue weighted by atomic mass is 35.5. The maximum atomic E-state index is 12.7. The van der Waals surface area contributed by atoms with E-state index in [1.807, 2.05) is 0 Å². The van der Waals surface area contributed by atoms with Gasteiger partial charge in [0.25, 0.3) is 5.91 Å². The van der Waals surface area contributed by atoms with Gasteiger partial charge in [0, 0.05) is 0 Å². The molecular weight excluding hydrogens is 367 g/mol. The zero-order chi connectivity index (χ0) is 18.6. The van der Waals surface area contributed by atoms with Gasteiger partial charge in [-0.1, -0.05) is 11.6 Å². The van der Waals surface area contributed by atoms with Gasteiger partial charge in [-0.25, -0.2) is 4.79 Å². The van der Waals surface area contributed by atoms with E-state index in [0.29, 0.717) is 6.07 Å². The standard InChI is InChI=1S/C15H13ClF3NO5/c1-8(25-14(22)12-7-23-4-5-24-12)13(21)20-11-6-9(15(17,18)19)2-3-10(11)16/h2-3,6-8H,4-5H2,1H3,(H,20,21)/t8-/m1/s1. The third-order valence-electron chi connectivity index (χ3n) is 3.05. The average molecular weight is 380 g/mol. The second-order valence-corrected chi connectivity index (χ2v) is 5.34. The summed E-state index contributed by atoms with van der Waals surface area (Å²) < 4.78 is 52.9. The first kappa shape index (κ1) is 18.9. The minimum atomic E-state index is -4.59. The molecule has 2 rings (SSSR count). The fraction of sp³-hybridized carbons (Fsp3) is 0.333. The molecule has 0 aromatic heterocycles. The minimum absolute atomic E-state index is 0.0911. The first-order chi connectivity index (χ1) is 11.7. The van der Waals surface area contributed by atoms with Crippen molar-refractivity contribution in [1.29, 1.82) is 0 Å². The Bertz CT molecular complexity index is 705. The van der Waals surface area contributed by atoms with Crippen LogP contribution >= 0.6 is 11.6 Å². The molecule has 136 valence electrons. The number of rotatable bonds is 4. The fourth-order valence-electron chi connectivity index (χ4n) is 1.78. The minimum Gasteiger partial charge on any atom is -0.493 e. The Balaban J connectivity index is 2.03. The topological polar surface area (TPSA) is 73.9 Å². The van der Waals surface area contributed by atoms with Crippen LogP contribution in [-0.4, -0.2) is 31.2 Å². The van der Waals surface area contributed by atoms with Crippen molar-refractivity contribution in [2.45, 2.75) is 19.2 Å². The molecule has 6 nitrogen and oxygen atoms in total. The summed E-state index contributed by atoms with van der Waals surface area (Å²) in [6.07, 6.45) is -4.84. The summed E-state index contributed by atoms with van der Waals surface area (Å²) >= 11 is 5.79. The highest BCUT2D eigenvalue weighted by molar-refractivity contribution is 6.33. The third kappa shape index (κ3) is 5.02. The summed E-state index contributed by atoms with van der Waals surface area (Å²) in [7, 11) is 0. The molecule has 1 atom stereocenters. The molecule has 0 saturated heterocycles. The zero-order valence-electron chi connectivity index (χ0n) is 12.9. The van der Waals surface area contributed by atoms with Gasteiger partial charge in [-0.3, -0.25) is 4.79 Å². The van der Waals surface area contributed by atoms with Crippen LogP contribution in [0.4, 0.5) is 18.9 Å². The van der Waals surface area contributed by atoms with Gasteiger partial charge in [0.2, 0.25) is 5.76 Å². The molecule has 1 heterocycles. The third-order valence-corrected chi connectivity index (χ3v) is 3.38. The molecule has 0 unspecified atom stereocenters. The number of alkyl halides is 3. The molecular formula is C15H13ClF3NO5. The molecule has 1 amide bonds. The zero-order valence-corrected chi connectivity index (χ0v) is 13.6. The van der Waals surface area contributed by atoms with Crippen LogP contribution in [-0.2, 0) is 30.0 Å². The van der Waals surface area contributed by atoms with Gasteiger partial charge in [0.05, 0.1) is 16.3 Å². The molecule has 0 bridgehead atoms. The molecule has 1 N–H and O–H groups in total. The Labute approximate surface area is 145 Å².